The molecule has 2 heterocycles. The number of hydrogen-bond donors (Lipinski definition) is 0. The molecule has 2 aromatic carbocycles. The fraction of sp³-hybridized carbons (Fsp3) is 0.240. The largest absolute Gasteiger partial charge is 0.493 e. The van der Waals surface area contributed by atoms with Crippen LogP contribution in [0.3, 0.4) is 0 Å². The molecular weight excluding hydrogens is 378 g/mol. The van der Waals surface area contributed by atoms with E-state index in [1.807, 2.05) is 54.3 Å². The quantitative estimate of drug-likeness (QED) is 0.575. The molecule has 0 N–H and O–H groups in total. The number of benzene rings is 2. The monoisotopic (exact) mass is 403 g/mol. The van der Waals surface area contributed by atoms with Crippen LogP contribution in [-0.4, -0.2) is 31.6 Å². The Bertz CT molecular complexity index is 1070. The molecule has 0 saturated carbocycles. The maximum atomic E-state index is 13.2. The third kappa shape index (κ3) is 3.83. The Labute approximate surface area is 176 Å². The fourth-order valence-corrected chi connectivity index (χ4v) is 3.97. The van der Waals surface area contributed by atoms with E-state index in [0.29, 0.717) is 23.8 Å². The summed E-state index contributed by atoms with van der Waals surface area (Å²) in [6.07, 6.45) is 4.06. The predicted octanol–water partition coefficient (Wildman–Crippen LogP) is 4.79. The van der Waals surface area contributed by atoms with Gasteiger partial charge in [0.2, 0.25) is 5.91 Å². The van der Waals surface area contributed by atoms with E-state index in [2.05, 4.69) is 12.1 Å². The summed E-state index contributed by atoms with van der Waals surface area (Å²) < 4.78 is 16.6. The van der Waals surface area contributed by atoms with Gasteiger partial charge in [-0.1, -0.05) is 30.3 Å². The average molecular weight is 403 g/mol. The molecule has 4 rings (SSSR count). The van der Waals surface area contributed by atoms with Crippen molar-refractivity contribution in [3.05, 3.63) is 88.9 Å². The number of furan rings is 1. The molecule has 0 unspecified atom stereocenters. The van der Waals surface area contributed by atoms with Crippen LogP contribution in [0.15, 0.2) is 65.1 Å². The van der Waals surface area contributed by atoms with Crippen molar-refractivity contribution in [2.24, 2.45) is 0 Å². The zero-order chi connectivity index (χ0) is 21.1. The normalized spacial score (nSPS) is 15.8. The SMILES string of the molecule is COc1cc2c(cc1OC)[C@H](c1ccccc1)N(C(=O)/C=C/c1ccc(C)o1)CC2. The number of aryl methyl sites for hydroxylation is 1. The third-order valence-corrected chi connectivity index (χ3v) is 5.42. The molecule has 1 aromatic heterocycles. The zero-order valence-electron chi connectivity index (χ0n) is 17.4. The number of hydrogen-bond acceptors (Lipinski definition) is 4. The molecule has 5 nitrogen and oxygen atoms in total. The molecule has 3 aromatic rings. The Kier molecular flexibility index (Phi) is 5.61. The van der Waals surface area contributed by atoms with Crippen molar-refractivity contribution in [1.29, 1.82) is 0 Å². The maximum absolute atomic E-state index is 13.2. The van der Waals surface area contributed by atoms with Crippen LogP contribution >= 0.6 is 0 Å². The smallest absolute Gasteiger partial charge is 0.247 e. The van der Waals surface area contributed by atoms with Gasteiger partial charge >= 0.3 is 0 Å². The van der Waals surface area contributed by atoms with Gasteiger partial charge < -0.3 is 18.8 Å². The van der Waals surface area contributed by atoms with Crippen molar-refractivity contribution in [3.63, 3.8) is 0 Å². The van der Waals surface area contributed by atoms with E-state index in [0.717, 1.165) is 28.9 Å². The number of fused-ring (bicyclic) bond motifs is 1. The zero-order valence-corrected chi connectivity index (χ0v) is 17.4. The highest BCUT2D eigenvalue weighted by molar-refractivity contribution is 5.92. The van der Waals surface area contributed by atoms with Crippen LogP contribution < -0.4 is 9.47 Å². The van der Waals surface area contributed by atoms with E-state index < -0.39 is 0 Å². The maximum Gasteiger partial charge on any atom is 0.247 e. The van der Waals surface area contributed by atoms with Crippen molar-refractivity contribution < 1.29 is 18.7 Å². The summed E-state index contributed by atoms with van der Waals surface area (Å²) >= 11 is 0. The van der Waals surface area contributed by atoms with E-state index in [-0.39, 0.29) is 11.9 Å². The Balaban J connectivity index is 1.74. The Morgan fingerprint density at radius 2 is 1.80 bits per heavy atom. The molecule has 0 bridgehead atoms. The van der Waals surface area contributed by atoms with Crippen molar-refractivity contribution in [2.75, 3.05) is 20.8 Å². The van der Waals surface area contributed by atoms with Gasteiger partial charge in [-0.05, 0) is 60.4 Å². The molecule has 0 spiro atoms. The molecular formula is C25H25NO4. The van der Waals surface area contributed by atoms with Crippen LogP contribution in [0, 0.1) is 6.92 Å². The lowest BCUT2D eigenvalue weighted by Crippen LogP contribution is -2.39. The first-order valence-electron chi connectivity index (χ1n) is 9.95. The number of nitrogens with zero attached hydrogens (tertiary/aromatic N) is 1. The fourth-order valence-electron chi connectivity index (χ4n) is 3.97. The molecule has 0 saturated heterocycles. The second kappa shape index (κ2) is 8.49. The van der Waals surface area contributed by atoms with Gasteiger partial charge in [-0.15, -0.1) is 0 Å². The molecule has 0 radical (unpaired) electrons. The lowest BCUT2D eigenvalue weighted by Gasteiger charge is -2.37. The summed E-state index contributed by atoms with van der Waals surface area (Å²) in [7, 11) is 3.26. The molecule has 0 aliphatic carbocycles. The minimum atomic E-state index is -0.203. The minimum absolute atomic E-state index is 0.0571. The Morgan fingerprint density at radius 1 is 1.07 bits per heavy atom. The molecule has 1 aliphatic heterocycles. The third-order valence-electron chi connectivity index (χ3n) is 5.42. The van der Waals surface area contributed by atoms with Gasteiger partial charge in [0.1, 0.15) is 11.5 Å². The van der Waals surface area contributed by atoms with E-state index in [9.17, 15) is 4.79 Å². The summed E-state index contributed by atoms with van der Waals surface area (Å²) in [6.45, 7) is 2.50. The van der Waals surface area contributed by atoms with Crippen LogP contribution in [0.4, 0.5) is 0 Å². The van der Waals surface area contributed by atoms with Gasteiger partial charge in [-0.2, -0.15) is 0 Å². The molecule has 1 amide bonds. The second-order valence-electron chi connectivity index (χ2n) is 7.28. The van der Waals surface area contributed by atoms with Crippen LogP contribution in [0.5, 0.6) is 11.5 Å². The Morgan fingerprint density at radius 3 is 2.47 bits per heavy atom. The topological polar surface area (TPSA) is 51.9 Å². The highest BCUT2D eigenvalue weighted by Gasteiger charge is 2.32. The van der Waals surface area contributed by atoms with E-state index >= 15 is 0 Å². The lowest BCUT2D eigenvalue weighted by molar-refractivity contribution is -0.128. The number of ether oxygens (including phenoxy) is 2. The first-order chi connectivity index (χ1) is 14.6. The number of methoxy groups -OCH3 is 2. The molecule has 1 aliphatic rings. The number of rotatable bonds is 5. The van der Waals surface area contributed by atoms with Gasteiger partial charge in [0.25, 0.3) is 0 Å². The molecule has 0 fully saturated rings. The summed E-state index contributed by atoms with van der Waals surface area (Å²) in [5.41, 5.74) is 3.28. The molecule has 154 valence electrons. The number of carbonyl (C=O) groups excluding carboxylic acids is 1. The van der Waals surface area contributed by atoms with Crippen LogP contribution in [0.2, 0.25) is 0 Å². The number of carbonyl (C=O) groups is 1. The summed E-state index contributed by atoms with van der Waals surface area (Å²) in [5.74, 6) is 2.79. The van der Waals surface area contributed by atoms with Crippen molar-refractivity contribution in [3.8, 4) is 11.5 Å². The van der Waals surface area contributed by atoms with E-state index in [1.165, 1.54) is 0 Å². The average Bonchev–Trinajstić information content (AvgIpc) is 3.21. The van der Waals surface area contributed by atoms with Crippen LogP contribution in [0.1, 0.15) is 34.3 Å². The van der Waals surface area contributed by atoms with E-state index in [4.69, 9.17) is 13.9 Å². The van der Waals surface area contributed by atoms with Crippen LogP contribution in [-0.2, 0) is 11.2 Å². The molecule has 1 atom stereocenters. The summed E-state index contributed by atoms with van der Waals surface area (Å²) in [5, 5.41) is 0. The lowest BCUT2D eigenvalue weighted by atomic mass is 9.87. The van der Waals surface area contributed by atoms with Crippen LogP contribution in [0.25, 0.3) is 6.08 Å². The first-order valence-corrected chi connectivity index (χ1v) is 9.95. The summed E-state index contributed by atoms with van der Waals surface area (Å²) in [6, 6.07) is 17.6. The van der Waals surface area contributed by atoms with Gasteiger partial charge in [0, 0.05) is 12.6 Å². The number of amides is 1. The van der Waals surface area contributed by atoms with Gasteiger partial charge in [-0.3, -0.25) is 4.79 Å². The van der Waals surface area contributed by atoms with Crippen molar-refractivity contribution in [1.82, 2.24) is 4.90 Å². The molecule has 5 heteroatoms. The van der Waals surface area contributed by atoms with E-state index in [1.54, 1.807) is 26.4 Å². The van der Waals surface area contributed by atoms with Gasteiger partial charge in [0.15, 0.2) is 11.5 Å². The highest BCUT2D eigenvalue weighted by Crippen LogP contribution is 2.41. The van der Waals surface area contributed by atoms with Crippen molar-refractivity contribution in [2.45, 2.75) is 19.4 Å². The minimum Gasteiger partial charge on any atom is -0.493 e. The standard InChI is InChI=1S/C25H25NO4/c1-17-9-10-20(30-17)11-12-24(27)26-14-13-19-15-22(28-2)23(29-3)16-21(19)25(26)18-7-5-4-6-8-18/h4-12,15-16,25H,13-14H2,1-3H3/b12-11+/t25-/m0/s1. The molecule has 30 heavy (non-hydrogen) atoms. The summed E-state index contributed by atoms with van der Waals surface area (Å²) in [4.78, 5) is 15.1. The first kappa shape index (κ1) is 19.8. The Hall–Kier alpha value is -3.47. The second-order valence-corrected chi connectivity index (χ2v) is 7.28. The van der Waals surface area contributed by atoms with Gasteiger partial charge in [-0.25, -0.2) is 0 Å². The van der Waals surface area contributed by atoms with Crippen molar-refractivity contribution >= 4 is 12.0 Å². The predicted molar refractivity (Wildman–Crippen MR) is 116 cm³/mol. The van der Waals surface area contributed by atoms with Gasteiger partial charge in [0.05, 0.1) is 20.3 Å². The highest BCUT2D eigenvalue weighted by atomic mass is 16.5.